The molecule has 0 atom stereocenters. The van der Waals surface area contributed by atoms with Crippen LogP contribution in [0.5, 0.6) is 17.2 Å². The molecule has 1 aliphatic rings. The van der Waals surface area contributed by atoms with Gasteiger partial charge in [0, 0.05) is 11.6 Å². The van der Waals surface area contributed by atoms with Gasteiger partial charge in [0.15, 0.2) is 0 Å². The quantitative estimate of drug-likeness (QED) is 0.489. The summed E-state index contributed by atoms with van der Waals surface area (Å²) in [6.07, 6.45) is 1.67. The molecule has 158 valence electrons. The number of hydrogen-bond acceptors (Lipinski definition) is 6. The molecule has 0 aliphatic carbocycles. The summed E-state index contributed by atoms with van der Waals surface area (Å²) in [5.41, 5.74) is 0.707. The first-order valence-electron chi connectivity index (χ1n) is 9.55. The lowest BCUT2D eigenvalue weighted by atomic mass is 10.1. The van der Waals surface area contributed by atoms with Crippen molar-refractivity contribution in [1.82, 2.24) is 4.90 Å². The summed E-state index contributed by atoms with van der Waals surface area (Å²) in [4.78, 5) is 26.6. The van der Waals surface area contributed by atoms with Crippen molar-refractivity contribution in [2.24, 2.45) is 0 Å². The Bertz CT molecular complexity index is 962. The predicted octanol–water partition coefficient (Wildman–Crippen LogP) is 5.25. The van der Waals surface area contributed by atoms with Crippen LogP contribution >= 0.6 is 23.4 Å². The van der Waals surface area contributed by atoms with Crippen molar-refractivity contribution in [2.75, 3.05) is 26.4 Å². The number of halogens is 1. The molecule has 2 aromatic carbocycles. The average Bonchev–Trinajstić information content (AvgIpc) is 2.99. The van der Waals surface area contributed by atoms with Crippen molar-refractivity contribution in [3.8, 4) is 17.2 Å². The molecule has 0 aromatic heterocycles. The summed E-state index contributed by atoms with van der Waals surface area (Å²) in [7, 11) is 0. The molecule has 1 fully saturated rings. The van der Waals surface area contributed by atoms with Gasteiger partial charge in [-0.1, -0.05) is 23.7 Å². The van der Waals surface area contributed by atoms with E-state index in [0.717, 1.165) is 11.8 Å². The Morgan fingerprint density at radius 3 is 2.50 bits per heavy atom. The second-order valence-electron chi connectivity index (χ2n) is 6.18. The highest BCUT2D eigenvalue weighted by molar-refractivity contribution is 8.18. The third-order valence-corrected chi connectivity index (χ3v) is 5.38. The van der Waals surface area contributed by atoms with E-state index in [1.807, 2.05) is 19.9 Å². The normalized spacial score (nSPS) is 15.0. The van der Waals surface area contributed by atoms with Gasteiger partial charge < -0.3 is 14.2 Å². The predicted molar refractivity (Wildman–Crippen MR) is 118 cm³/mol. The second-order valence-corrected chi connectivity index (χ2v) is 7.58. The van der Waals surface area contributed by atoms with Gasteiger partial charge in [0.05, 0.1) is 29.7 Å². The number of hydrogen-bond donors (Lipinski definition) is 0. The van der Waals surface area contributed by atoms with E-state index in [-0.39, 0.29) is 24.3 Å². The van der Waals surface area contributed by atoms with Crippen LogP contribution in [0.4, 0.5) is 4.79 Å². The van der Waals surface area contributed by atoms with Gasteiger partial charge in [0.25, 0.3) is 11.1 Å². The van der Waals surface area contributed by atoms with Crippen LogP contribution in [-0.2, 0) is 4.79 Å². The van der Waals surface area contributed by atoms with E-state index in [4.69, 9.17) is 25.8 Å². The minimum atomic E-state index is -0.357. The Kier molecular flexibility index (Phi) is 7.65. The zero-order valence-electron chi connectivity index (χ0n) is 16.7. The number of carbonyl (C=O) groups excluding carboxylic acids is 2. The molecule has 6 nitrogen and oxygen atoms in total. The molecule has 0 bridgehead atoms. The lowest BCUT2D eigenvalue weighted by Crippen LogP contribution is -2.32. The Balaban J connectivity index is 1.70. The average molecular weight is 448 g/mol. The topological polar surface area (TPSA) is 65.1 Å². The molecule has 30 heavy (non-hydrogen) atoms. The fraction of sp³-hybridized carbons (Fsp3) is 0.273. The number of benzene rings is 2. The first-order valence-corrected chi connectivity index (χ1v) is 10.7. The van der Waals surface area contributed by atoms with Gasteiger partial charge in [-0.15, -0.1) is 0 Å². The van der Waals surface area contributed by atoms with E-state index in [9.17, 15) is 9.59 Å². The monoisotopic (exact) mass is 447 g/mol. The van der Waals surface area contributed by atoms with Crippen LogP contribution in [0.25, 0.3) is 6.08 Å². The number of imide groups is 1. The smallest absolute Gasteiger partial charge is 0.293 e. The SMILES string of the molecule is CCOc1ccc(/C=C2\SC(=O)N(CCOc3ccccc3Cl)C2=O)c(OCC)c1. The van der Waals surface area contributed by atoms with E-state index in [2.05, 4.69) is 0 Å². The Morgan fingerprint density at radius 2 is 1.77 bits per heavy atom. The van der Waals surface area contributed by atoms with Crippen LogP contribution in [0.1, 0.15) is 19.4 Å². The highest BCUT2D eigenvalue weighted by Crippen LogP contribution is 2.35. The minimum Gasteiger partial charge on any atom is -0.494 e. The van der Waals surface area contributed by atoms with E-state index < -0.39 is 0 Å². The van der Waals surface area contributed by atoms with Gasteiger partial charge in [-0.25, -0.2) is 0 Å². The number of amides is 2. The highest BCUT2D eigenvalue weighted by atomic mass is 35.5. The van der Waals surface area contributed by atoms with E-state index >= 15 is 0 Å². The van der Waals surface area contributed by atoms with Crippen LogP contribution in [0.15, 0.2) is 47.4 Å². The molecule has 1 heterocycles. The summed E-state index contributed by atoms with van der Waals surface area (Å²) in [5, 5.41) is 0.142. The molecular formula is C22H22ClNO5S. The molecule has 2 amide bonds. The molecule has 0 saturated carbocycles. The maximum absolute atomic E-state index is 12.7. The van der Waals surface area contributed by atoms with Gasteiger partial charge in [-0.3, -0.25) is 14.5 Å². The largest absolute Gasteiger partial charge is 0.494 e. The van der Waals surface area contributed by atoms with Crippen LogP contribution in [0, 0.1) is 0 Å². The molecule has 8 heteroatoms. The number of thioether (sulfide) groups is 1. The Labute approximate surface area is 184 Å². The van der Waals surface area contributed by atoms with Gasteiger partial charge in [-0.05, 0) is 56.0 Å². The molecule has 1 saturated heterocycles. The summed E-state index contributed by atoms with van der Waals surface area (Å²) in [5.74, 6) is 1.43. The summed E-state index contributed by atoms with van der Waals surface area (Å²) >= 11 is 6.95. The summed E-state index contributed by atoms with van der Waals surface area (Å²) < 4.78 is 16.8. The van der Waals surface area contributed by atoms with E-state index in [0.29, 0.717) is 46.0 Å². The van der Waals surface area contributed by atoms with Gasteiger partial charge in [-0.2, -0.15) is 0 Å². The molecule has 3 rings (SSSR count). The Morgan fingerprint density at radius 1 is 1.00 bits per heavy atom. The molecule has 0 spiro atoms. The van der Waals surface area contributed by atoms with Crippen molar-refractivity contribution < 1.29 is 23.8 Å². The van der Waals surface area contributed by atoms with Crippen molar-refractivity contribution in [3.63, 3.8) is 0 Å². The maximum Gasteiger partial charge on any atom is 0.293 e. The standard InChI is InChI=1S/C22H22ClNO5S/c1-3-27-16-10-9-15(19(14-16)28-4-2)13-20-21(25)24(22(26)30-20)11-12-29-18-8-6-5-7-17(18)23/h5-10,13-14H,3-4,11-12H2,1-2H3/b20-13-. The molecule has 0 N–H and O–H groups in total. The third kappa shape index (κ3) is 5.29. The number of para-hydroxylation sites is 1. The van der Waals surface area contributed by atoms with Crippen LogP contribution in [0.2, 0.25) is 5.02 Å². The third-order valence-electron chi connectivity index (χ3n) is 4.17. The zero-order valence-corrected chi connectivity index (χ0v) is 18.3. The van der Waals surface area contributed by atoms with Crippen LogP contribution in [0.3, 0.4) is 0 Å². The fourth-order valence-corrected chi connectivity index (χ4v) is 3.86. The second kappa shape index (κ2) is 10.4. The zero-order chi connectivity index (χ0) is 21.5. The number of rotatable bonds is 9. The Hall–Kier alpha value is -2.64. The van der Waals surface area contributed by atoms with Gasteiger partial charge in [0.2, 0.25) is 0 Å². The van der Waals surface area contributed by atoms with Crippen molar-refractivity contribution in [1.29, 1.82) is 0 Å². The molecule has 0 unspecified atom stereocenters. The van der Waals surface area contributed by atoms with Gasteiger partial charge >= 0.3 is 0 Å². The van der Waals surface area contributed by atoms with E-state index in [1.165, 1.54) is 4.90 Å². The molecule has 1 aliphatic heterocycles. The van der Waals surface area contributed by atoms with Crippen molar-refractivity contribution in [3.05, 3.63) is 58.0 Å². The summed E-state index contributed by atoms with van der Waals surface area (Å²) in [6, 6.07) is 12.4. The molecule has 2 aromatic rings. The van der Waals surface area contributed by atoms with Gasteiger partial charge in [0.1, 0.15) is 23.9 Å². The number of carbonyl (C=O) groups is 2. The van der Waals surface area contributed by atoms with E-state index in [1.54, 1.807) is 42.5 Å². The lowest BCUT2D eigenvalue weighted by Gasteiger charge is -2.14. The lowest BCUT2D eigenvalue weighted by molar-refractivity contribution is -0.123. The maximum atomic E-state index is 12.7. The number of nitrogens with zero attached hydrogens (tertiary/aromatic N) is 1. The first kappa shape index (κ1) is 22.1. The first-order chi connectivity index (χ1) is 14.5. The van der Waals surface area contributed by atoms with Crippen molar-refractivity contribution in [2.45, 2.75) is 13.8 Å². The number of ether oxygens (including phenoxy) is 3. The minimum absolute atomic E-state index is 0.134. The summed E-state index contributed by atoms with van der Waals surface area (Å²) in [6.45, 7) is 5.08. The molecule has 0 radical (unpaired) electrons. The van der Waals surface area contributed by atoms with Crippen LogP contribution in [-0.4, -0.2) is 42.4 Å². The highest BCUT2D eigenvalue weighted by Gasteiger charge is 2.35. The fourth-order valence-electron chi connectivity index (χ4n) is 2.81. The van der Waals surface area contributed by atoms with Crippen molar-refractivity contribution >= 4 is 40.6 Å². The van der Waals surface area contributed by atoms with Crippen LogP contribution < -0.4 is 14.2 Å². The molecular weight excluding hydrogens is 426 g/mol.